The van der Waals surface area contributed by atoms with E-state index in [9.17, 15) is 0 Å². The molecule has 1 aliphatic carbocycles. The number of aliphatic imine (C=N–C) groups is 1. The van der Waals surface area contributed by atoms with Crippen LogP contribution in [-0.4, -0.2) is 18.9 Å². The second-order valence-corrected chi connectivity index (χ2v) is 6.68. The Morgan fingerprint density at radius 2 is 1.80 bits per heavy atom. The Bertz CT molecular complexity index is 940. The molecule has 0 aromatic heterocycles. The van der Waals surface area contributed by atoms with E-state index in [4.69, 9.17) is 15.3 Å². The lowest BCUT2D eigenvalue weighted by Gasteiger charge is -2.34. The first-order valence-corrected chi connectivity index (χ1v) is 8.45. The van der Waals surface area contributed by atoms with Crippen LogP contribution in [0.4, 0.5) is 0 Å². The number of hydrogen-bond donors (Lipinski definition) is 0. The number of rotatable bonds is 1. The maximum Gasteiger partial charge on any atom is 0.205 e. The predicted octanol–water partition coefficient (Wildman–Crippen LogP) is 3.95. The van der Waals surface area contributed by atoms with Crippen LogP contribution < -0.4 is 0 Å². The van der Waals surface area contributed by atoms with Gasteiger partial charge in [0, 0.05) is 30.6 Å². The van der Waals surface area contributed by atoms with Crippen LogP contribution in [0.15, 0.2) is 47.5 Å². The Morgan fingerprint density at radius 3 is 2.56 bits per heavy atom. The Hall–Kier alpha value is -2.95. The molecule has 1 fully saturated rings. The molecular weight excluding hydrogens is 310 g/mol. The van der Waals surface area contributed by atoms with E-state index in [1.165, 1.54) is 5.56 Å². The predicted molar refractivity (Wildman–Crippen MR) is 95.1 cm³/mol. The number of benzene rings is 2. The smallest absolute Gasteiger partial charge is 0.205 e. The van der Waals surface area contributed by atoms with E-state index < -0.39 is 0 Å². The summed E-state index contributed by atoms with van der Waals surface area (Å²) < 4.78 is 5.55. The molecule has 2 aromatic carbocycles. The Kier molecular flexibility index (Phi) is 3.84. The molecule has 2 aromatic rings. The number of ether oxygens (including phenoxy) is 1. The van der Waals surface area contributed by atoms with Gasteiger partial charge in [0.05, 0.1) is 17.3 Å². The average Bonchev–Trinajstić information content (AvgIpc) is 2.95. The molecule has 1 saturated heterocycles. The van der Waals surface area contributed by atoms with Crippen LogP contribution >= 0.6 is 0 Å². The zero-order valence-corrected chi connectivity index (χ0v) is 13.8. The monoisotopic (exact) mass is 327 g/mol. The second-order valence-electron chi connectivity index (χ2n) is 6.68. The molecule has 122 valence electrons. The Morgan fingerprint density at radius 1 is 1.00 bits per heavy atom. The number of nitrogens with zero attached hydrogens (tertiary/aromatic N) is 3. The molecule has 1 aliphatic heterocycles. The van der Waals surface area contributed by atoms with E-state index in [0.717, 1.165) is 54.9 Å². The summed E-state index contributed by atoms with van der Waals surface area (Å²) in [4.78, 5) is 4.11. The van der Waals surface area contributed by atoms with Crippen LogP contribution in [0.1, 0.15) is 36.0 Å². The average molecular weight is 327 g/mol. The van der Waals surface area contributed by atoms with Crippen molar-refractivity contribution < 1.29 is 4.74 Å². The fraction of sp³-hybridized carbons (Fsp3) is 0.286. The second kappa shape index (κ2) is 6.16. The van der Waals surface area contributed by atoms with Gasteiger partial charge in [-0.3, -0.25) is 0 Å². The third-order valence-electron chi connectivity index (χ3n) is 5.37. The third-order valence-corrected chi connectivity index (χ3v) is 5.37. The van der Waals surface area contributed by atoms with Crippen molar-refractivity contribution in [1.29, 1.82) is 10.5 Å². The van der Waals surface area contributed by atoms with Crippen LogP contribution in [0.5, 0.6) is 0 Å². The normalized spacial score (nSPS) is 19.4. The largest absolute Gasteiger partial charge is 0.381 e. The van der Waals surface area contributed by atoms with Gasteiger partial charge in [-0.25, -0.2) is 0 Å². The summed E-state index contributed by atoms with van der Waals surface area (Å²) in [5.74, 6) is 0. The van der Waals surface area contributed by atoms with Crippen molar-refractivity contribution in [2.45, 2.75) is 24.7 Å². The van der Waals surface area contributed by atoms with Gasteiger partial charge in [-0.05, 0) is 47.7 Å². The van der Waals surface area contributed by atoms with Gasteiger partial charge < -0.3 is 4.74 Å². The van der Waals surface area contributed by atoms with Gasteiger partial charge in [-0.15, -0.1) is 0 Å². The number of hydrogen-bond acceptors (Lipinski definition) is 4. The van der Waals surface area contributed by atoms with Crippen LogP contribution in [0.25, 0.3) is 11.1 Å². The lowest BCUT2D eigenvalue weighted by atomic mass is 9.75. The fourth-order valence-electron chi connectivity index (χ4n) is 4.07. The minimum atomic E-state index is 0.0519. The number of fused-ring (bicyclic) bond motifs is 2. The molecule has 0 radical (unpaired) electrons. The van der Waals surface area contributed by atoms with Crippen molar-refractivity contribution in [3.8, 4) is 23.4 Å². The number of nitriles is 2. The van der Waals surface area contributed by atoms with Gasteiger partial charge in [0.25, 0.3) is 0 Å². The third kappa shape index (κ3) is 2.61. The highest BCUT2D eigenvalue weighted by atomic mass is 16.5. The SMILES string of the molecule is N#CN=C1CC2(CCOCC2)c2ccc(-c3cccc(C#N)c3)cc21. The van der Waals surface area contributed by atoms with E-state index in [-0.39, 0.29) is 5.41 Å². The molecule has 0 bridgehead atoms. The van der Waals surface area contributed by atoms with E-state index in [0.29, 0.717) is 5.56 Å². The molecule has 4 heteroatoms. The molecule has 1 spiro atoms. The van der Waals surface area contributed by atoms with Crippen LogP contribution in [-0.2, 0) is 10.2 Å². The van der Waals surface area contributed by atoms with Gasteiger partial charge in [0.1, 0.15) is 0 Å². The molecule has 25 heavy (non-hydrogen) atoms. The fourth-order valence-corrected chi connectivity index (χ4v) is 4.07. The highest BCUT2D eigenvalue weighted by Crippen LogP contribution is 2.47. The van der Waals surface area contributed by atoms with Gasteiger partial charge in [-0.1, -0.05) is 24.3 Å². The zero-order valence-electron chi connectivity index (χ0n) is 13.8. The molecule has 0 N–H and O–H groups in total. The summed E-state index contributed by atoms with van der Waals surface area (Å²) in [6, 6.07) is 16.2. The molecule has 0 unspecified atom stereocenters. The van der Waals surface area contributed by atoms with Gasteiger partial charge in [0.2, 0.25) is 6.19 Å². The summed E-state index contributed by atoms with van der Waals surface area (Å²) in [5.41, 5.74) is 5.98. The first-order chi connectivity index (χ1) is 12.3. The lowest BCUT2D eigenvalue weighted by Crippen LogP contribution is -2.31. The van der Waals surface area contributed by atoms with E-state index in [1.807, 2.05) is 24.4 Å². The van der Waals surface area contributed by atoms with Gasteiger partial charge in [-0.2, -0.15) is 15.5 Å². The van der Waals surface area contributed by atoms with Crippen molar-refractivity contribution in [3.63, 3.8) is 0 Å². The Labute approximate surface area is 147 Å². The van der Waals surface area contributed by atoms with Crippen molar-refractivity contribution in [3.05, 3.63) is 59.2 Å². The van der Waals surface area contributed by atoms with Crippen LogP contribution in [0.2, 0.25) is 0 Å². The van der Waals surface area contributed by atoms with E-state index >= 15 is 0 Å². The minimum absolute atomic E-state index is 0.0519. The zero-order chi connectivity index (χ0) is 17.3. The molecule has 4 rings (SSSR count). The minimum Gasteiger partial charge on any atom is -0.381 e. The van der Waals surface area contributed by atoms with Crippen LogP contribution in [0.3, 0.4) is 0 Å². The lowest BCUT2D eigenvalue weighted by molar-refractivity contribution is 0.0541. The Balaban J connectivity index is 1.83. The molecule has 4 nitrogen and oxygen atoms in total. The molecule has 2 aliphatic rings. The summed E-state index contributed by atoms with van der Waals surface area (Å²) in [5, 5.41) is 18.2. The molecule has 0 atom stereocenters. The first-order valence-electron chi connectivity index (χ1n) is 8.45. The van der Waals surface area contributed by atoms with Crippen molar-refractivity contribution in [1.82, 2.24) is 0 Å². The van der Waals surface area contributed by atoms with Crippen LogP contribution in [0, 0.1) is 22.8 Å². The van der Waals surface area contributed by atoms with E-state index in [2.05, 4.69) is 29.3 Å². The summed E-state index contributed by atoms with van der Waals surface area (Å²) in [6.07, 6.45) is 4.70. The van der Waals surface area contributed by atoms with E-state index in [1.54, 1.807) is 6.07 Å². The van der Waals surface area contributed by atoms with Crippen molar-refractivity contribution in [2.75, 3.05) is 13.2 Å². The molecule has 1 heterocycles. The maximum atomic E-state index is 9.12. The highest BCUT2D eigenvalue weighted by molar-refractivity contribution is 6.07. The molecule has 0 saturated carbocycles. The quantitative estimate of drug-likeness (QED) is 0.745. The maximum absolute atomic E-state index is 9.12. The van der Waals surface area contributed by atoms with Crippen molar-refractivity contribution >= 4 is 5.71 Å². The highest BCUT2D eigenvalue weighted by Gasteiger charge is 2.43. The summed E-state index contributed by atoms with van der Waals surface area (Å²) in [7, 11) is 0. The summed E-state index contributed by atoms with van der Waals surface area (Å²) in [6.45, 7) is 1.51. The van der Waals surface area contributed by atoms with Gasteiger partial charge >= 0.3 is 0 Å². The first kappa shape index (κ1) is 15.6. The van der Waals surface area contributed by atoms with Crippen molar-refractivity contribution in [2.24, 2.45) is 4.99 Å². The standard InChI is InChI=1S/C21H17N3O/c22-13-15-2-1-3-16(10-15)17-4-5-19-18(11-17)20(24-14-23)12-21(19)6-8-25-9-7-21/h1-5,10-11H,6-9,12H2. The molecule has 0 amide bonds. The molecular formula is C21H17N3O. The van der Waals surface area contributed by atoms with Gasteiger partial charge in [0.15, 0.2) is 0 Å². The topological polar surface area (TPSA) is 69.2 Å². The summed E-state index contributed by atoms with van der Waals surface area (Å²) >= 11 is 0.